The van der Waals surface area contributed by atoms with E-state index in [1.165, 1.54) is 6.07 Å². The van der Waals surface area contributed by atoms with Crippen LogP contribution in [0.3, 0.4) is 0 Å². The zero-order valence-electron chi connectivity index (χ0n) is 20.3. The van der Waals surface area contributed by atoms with Crippen LogP contribution in [-0.2, 0) is 16.4 Å². The van der Waals surface area contributed by atoms with Gasteiger partial charge in [-0.05, 0) is 74.6 Å². The highest BCUT2D eigenvalue weighted by Crippen LogP contribution is 2.37. The molecule has 10 heteroatoms. The Morgan fingerprint density at radius 3 is 2.63 bits per heavy atom. The number of carbonyl (C=O) groups is 1. The SMILES string of the molecule is CCc1ccnc(Nc2cccc(S(=O)(=O)NC(=O)c3cccnc3N3CC(C)CC3(C)C)n2)c1. The number of pyridine rings is 3. The summed E-state index contributed by atoms with van der Waals surface area (Å²) >= 11 is 0. The van der Waals surface area contributed by atoms with Gasteiger partial charge in [0.15, 0.2) is 5.03 Å². The highest BCUT2D eigenvalue weighted by atomic mass is 32.2. The van der Waals surface area contributed by atoms with E-state index in [1.54, 1.807) is 36.7 Å². The Morgan fingerprint density at radius 1 is 1.11 bits per heavy atom. The normalized spacial score (nSPS) is 17.3. The first kappa shape index (κ1) is 24.6. The van der Waals surface area contributed by atoms with Crippen molar-refractivity contribution in [3.8, 4) is 0 Å². The van der Waals surface area contributed by atoms with Gasteiger partial charge in [0, 0.05) is 24.5 Å². The van der Waals surface area contributed by atoms with Crippen molar-refractivity contribution in [3.05, 3.63) is 66.0 Å². The fraction of sp³-hybridized carbons (Fsp3) is 0.360. The molecule has 1 aliphatic rings. The quantitative estimate of drug-likeness (QED) is 0.508. The molecule has 3 aromatic heterocycles. The van der Waals surface area contributed by atoms with E-state index in [4.69, 9.17) is 0 Å². The smallest absolute Gasteiger partial charge is 0.281 e. The maximum atomic E-state index is 13.1. The third-order valence-corrected chi connectivity index (χ3v) is 7.31. The molecule has 0 aromatic carbocycles. The summed E-state index contributed by atoms with van der Waals surface area (Å²) in [6.07, 6.45) is 5.07. The maximum Gasteiger partial charge on any atom is 0.281 e. The van der Waals surface area contributed by atoms with Gasteiger partial charge in [0.1, 0.15) is 17.5 Å². The second-order valence-electron chi connectivity index (χ2n) is 9.43. The molecule has 9 nitrogen and oxygen atoms in total. The number of amides is 1. The lowest BCUT2D eigenvalue weighted by molar-refractivity contribution is 0.0981. The van der Waals surface area contributed by atoms with Gasteiger partial charge in [-0.1, -0.05) is 19.9 Å². The van der Waals surface area contributed by atoms with E-state index in [-0.39, 0.29) is 16.1 Å². The van der Waals surface area contributed by atoms with Crippen LogP contribution in [0.15, 0.2) is 59.9 Å². The van der Waals surface area contributed by atoms with Crippen LogP contribution in [0.2, 0.25) is 0 Å². The van der Waals surface area contributed by atoms with Crippen molar-refractivity contribution >= 4 is 33.4 Å². The van der Waals surface area contributed by atoms with Gasteiger partial charge in [-0.25, -0.2) is 19.7 Å². The molecule has 0 saturated carbocycles. The minimum Gasteiger partial charge on any atom is -0.351 e. The Balaban J connectivity index is 1.57. The van der Waals surface area contributed by atoms with Gasteiger partial charge in [0.2, 0.25) is 0 Å². The summed E-state index contributed by atoms with van der Waals surface area (Å²) in [6.45, 7) is 9.11. The largest absolute Gasteiger partial charge is 0.351 e. The van der Waals surface area contributed by atoms with Crippen LogP contribution >= 0.6 is 0 Å². The molecule has 1 aliphatic heterocycles. The second-order valence-corrected chi connectivity index (χ2v) is 11.1. The standard InChI is InChI=1S/C25H30N6O3S/c1-5-18-11-13-26-21(14-18)28-20-9-6-10-22(29-20)35(33,34)30-24(32)19-8-7-12-27-23(19)31-16-17(2)15-25(31,3)4/h6-14,17H,5,15-16H2,1-4H3,(H,30,32)(H,26,28,29). The van der Waals surface area contributed by atoms with E-state index in [2.05, 4.69) is 50.7 Å². The molecule has 1 saturated heterocycles. The van der Waals surface area contributed by atoms with Crippen molar-refractivity contribution in [3.63, 3.8) is 0 Å². The molecule has 1 atom stereocenters. The van der Waals surface area contributed by atoms with E-state index in [9.17, 15) is 13.2 Å². The number of aromatic nitrogens is 3. The Bertz CT molecular complexity index is 1340. The van der Waals surface area contributed by atoms with Crippen molar-refractivity contribution < 1.29 is 13.2 Å². The lowest BCUT2D eigenvalue weighted by Gasteiger charge is -2.33. The molecular weight excluding hydrogens is 464 g/mol. The fourth-order valence-electron chi connectivity index (χ4n) is 4.51. The minimum absolute atomic E-state index is 0.202. The lowest BCUT2D eigenvalue weighted by Crippen LogP contribution is -2.41. The summed E-state index contributed by atoms with van der Waals surface area (Å²) in [5.41, 5.74) is 1.08. The van der Waals surface area contributed by atoms with E-state index in [1.807, 2.05) is 19.1 Å². The Labute approximate surface area is 206 Å². The molecule has 1 fully saturated rings. The Morgan fingerprint density at radius 2 is 1.91 bits per heavy atom. The third kappa shape index (κ3) is 5.43. The van der Waals surface area contributed by atoms with Crippen molar-refractivity contribution in [1.29, 1.82) is 0 Å². The van der Waals surface area contributed by atoms with Gasteiger partial charge in [-0.15, -0.1) is 0 Å². The van der Waals surface area contributed by atoms with Crippen LogP contribution in [0.25, 0.3) is 0 Å². The van der Waals surface area contributed by atoms with Crippen molar-refractivity contribution in [2.75, 3.05) is 16.8 Å². The van der Waals surface area contributed by atoms with Crippen LogP contribution in [0.4, 0.5) is 17.5 Å². The minimum atomic E-state index is -4.23. The second kappa shape index (κ2) is 9.61. The fourth-order valence-corrected chi connectivity index (χ4v) is 5.44. The summed E-state index contributed by atoms with van der Waals surface area (Å²) in [5.74, 6) is 1.01. The summed E-state index contributed by atoms with van der Waals surface area (Å²) < 4.78 is 28.3. The summed E-state index contributed by atoms with van der Waals surface area (Å²) in [4.78, 5) is 28.1. The first-order valence-corrected chi connectivity index (χ1v) is 13.1. The van der Waals surface area contributed by atoms with E-state index in [0.717, 1.165) is 24.9 Å². The van der Waals surface area contributed by atoms with Crippen LogP contribution < -0.4 is 14.9 Å². The van der Waals surface area contributed by atoms with Crippen molar-refractivity contribution in [1.82, 2.24) is 19.7 Å². The molecule has 0 aliphatic carbocycles. The molecule has 184 valence electrons. The first-order chi connectivity index (χ1) is 16.6. The molecule has 4 heterocycles. The Kier molecular flexibility index (Phi) is 6.75. The van der Waals surface area contributed by atoms with E-state index in [0.29, 0.717) is 23.4 Å². The molecule has 1 unspecified atom stereocenters. The third-order valence-electron chi connectivity index (χ3n) is 6.07. The lowest BCUT2D eigenvalue weighted by atomic mass is 9.97. The number of aryl methyl sites for hydroxylation is 1. The highest BCUT2D eigenvalue weighted by molar-refractivity contribution is 7.90. The number of nitrogens with zero attached hydrogens (tertiary/aromatic N) is 4. The first-order valence-electron chi connectivity index (χ1n) is 11.6. The zero-order chi connectivity index (χ0) is 25.2. The van der Waals surface area contributed by atoms with Crippen LogP contribution in [0.5, 0.6) is 0 Å². The van der Waals surface area contributed by atoms with Crippen LogP contribution in [0.1, 0.15) is 50.0 Å². The van der Waals surface area contributed by atoms with Gasteiger partial charge in [-0.2, -0.15) is 8.42 Å². The molecule has 0 radical (unpaired) electrons. The molecule has 0 bridgehead atoms. The molecule has 35 heavy (non-hydrogen) atoms. The monoisotopic (exact) mass is 494 g/mol. The van der Waals surface area contributed by atoms with Crippen molar-refractivity contribution in [2.45, 2.75) is 51.1 Å². The predicted molar refractivity (Wildman–Crippen MR) is 135 cm³/mol. The average molecular weight is 495 g/mol. The van der Waals surface area contributed by atoms with E-state index < -0.39 is 15.9 Å². The summed E-state index contributed by atoms with van der Waals surface area (Å²) in [6, 6.07) is 11.5. The van der Waals surface area contributed by atoms with E-state index >= 15 is 0 Å². The van der Waals surface area contributed by atoms with Gasteiger partial charge in [0.25, 0.3) is 15.9 Å². The van der Waals surface area contributed by atoms with Crippen molar-refractivity contribution in [2.24, 2.45) is 5.92 Å². The summed E-state index contributed by atoms with van der Waals surface area (Å²) in [5, 5.41) is 2.74. The average Bonchev–Trinajstić information content (AvgIpc) is 3.10. The molecule has 0 spiro atoms. The number of hydrogen-bond acceptors (Lipinski definition) is 8. The molecular formula is C25H30N6O3S. The number of carbonyl (C=O) groups excluding carboxylic acids is 1. The van der Waals surface area contributed by atoms with Gasteiger partial charge in [0.05, 0.1) is 5.56 Å². The highest BCUT2D eigenvalue weighted by Gasteiger charge is 2.39. The maximum absolute atomic E-state index is 13.1. The number of rotatable bonds is 7. The number of sulfonamides is 1. The van der Waals surface area contributed by atoms with Crippen LogP contribution in [0, 0.1) is 5.92 Å². The molecule has 4 rings (SSSR count). The van der Waals surface area contributed by atoms with Gasteiger partial charge >= 0.3 is 0 Å². The molecule has 3 aromatic rings. The van der Waals surface area contributed by atoms with Crippen LogP contribution in [-0.4, -0.2) is 41.4 Å². The summed E-state index contributed by atoms with van der Waals surface area (Å²) in [7, 11) is -4.23. The Hall–Kier alpha value is -3.53. The molecule has 1 amide bonds. The number of anilines is 3. The topological polar surface area (TPSA) is 117 Å². The molecule has 2 N–H and O–H groups in total. The van der Waals surface area contributed by atoms with Gasteiger partial charge < -0.3 is 10.2 Å². The zero-order valence-corrected chi connectivity index (χ0v) is 21.1. The van der Waals surface area contributed by atoms with Gasteiger partial charge in [-0.3, -0.25) is 4.79 Å². The number of hydrogen-bond donors (Lipinski definition) is 2. The number of nitrogens with one attached hydrogen (secondary N) is 2. The predicted octanol–water partition coefficient (Wildman–Crippen LogP) is 3.92.